The summed E-state index contributed by atoms with van der Waals surface area (Å²) in [5.41, 5.74) is 6.95. The van der Waals surface area contributed by atoms with E-state index in [4.69, 9.17) is 0 Å². The smallest absolute Gasteiger partial charge is 0.194 e. The minimum absolute atomic E-state index is 0.111. The maximum Gasteiger partial charge on any atom is 0.194 e. The molecule has 0 aromatic heterocycles. The summed E-state index contributed by atoms with van der Waals surface area (Å²) in [5, 5.41) is 0. The van der Waals surface area contributed by atoms with Gasteiger partial charge in [0.2, 0.25) is 0 Å². The van der Waals surface area contributed by atoms with E-state index in [-0.39, 0.29) is 5.78 Å². The Morgan fingerprint density at radius 3 is 1.86 bits per heavy atom. The van der Waals surface area contributed by atoms with E-state index in [2.05, 4.69) is 65.6 Å². The molecule has 1 heterocycles. The largest absolute Gasteiger partial charge is 0.308 e. The first kappa shape index (κ1) is 15.7. The van der Waals surface area contributed by atoms with Gasteiger partial charge in [-0.25, -0.2) is 0 Å². The summed E-state index contributed by atoms with van der Waals surface area (Å²) in [6.07, 6.45) is 0. The van der Waals surface area contributed by atoms with Crippen LogP contribution in [0.1, 0.15) is 15.9 Å². The van der Waals surface area contributed by atoms with Crippen molar-refractivity contribution in [2.45, 2.75) is 9.79 Å². The predicted molar refractivity (Wildman–Crippen MR) is 114 cm³/mol. The average molecular weight is 377 g/mol. The zero-order chi connectivity index (χ0) is 18.7. The molecule has 2 aliphatic rings. The van der Waals surface area contributed by atoms with Gasteiger partial charge in [0.1, 0.15) is 0 Å². The molecule has 132 valence electrons. The molecule has 4 aromatic carbocycles. The zero-order valence-corrected chi connectivity index (χ0v) is 15.7. The van der Waals surface area contributed by atoms with Gasteiger partial charge >= 0.3 is 0 Å². The number of carbonyl (C=O) groups is 1. The van der Waals surface area contributed by atoms with Crippen LogP contribution < -0.4 is 4.90 Å². The fourth-order valence-corrected chi connectivity index (χ4v) is 5.20. The number of rotatable bonds is 1. The van der Waals surface area contributed by atoms with Crippen molar-refractivity contribution in [2.75, 3.05) is 4.90 Å². The second-order valence-corrected chi connectivity index (χ2v) is 8.06. The van der Waals surface area contributed by atoms with E-state index < -0.39 is 0 Å². The summed E-state index contributed by atoms with van der Waals surface area (Å²) < 4.78 is 0. The van der Waals surface area contributed by atoms with Crippen LogP contribution in [0.25, 0.3) is 11.1 Å². The number of ketones is 1. The van der Waals surface area contributed by atoms with E-state index in [1.165, 1.54) is 9.79 Å². The highest BCUT2D eigenvalue weighted by Gasteiger charge is 2.29. The van der Waals surface area contributed by atoms with Crippen molar-refractivity contribution < 1.29 is 4.79 Å². The van der Waals surface area contributed by atoms with E-state index in [1.54, 1.807) is 11.8 Å². The topological polar surface area (TPSA) is 20.3 Å². The molecule has 0 bridgehead atoms. The summed E-state index contributed by atoms with van der Waals surface area (Å²) in [4.78, 5) is 17.7. The maximum atomic E-state index is 13.0. The predicted octanol–water partition coefficient (Wildman–Crippen LogP) is 6.83. The minimum atomic E-state index is 0.111. The monoisotopic (exact) mass is 377 g/mol. The second kappa shape index (κ2) is 5.85. The molecule has 0 spiro atoms. The highest BCUT2D eigenvalue weighted by atomic mass is 32.2. The molecule has 2 nitrogen and oxygen atoms in total. The van der Waals surface area contributed by atoms with Crippen molar-refractivity contribution in [3.05, 3.63) is 102 Å². The first-order chi connectivity index (χ1) is 13.8. The molecular weight excluding hydrogens is 362 g/mol. The fourth-order valence-electron chi connectivity index (χ4n) is 4.14. The zero-order valence-electron chi connectivity index (χ0n) is 14.9. The van der Waals surface area contributed by atoms with Crippen molar-refractivity contribution in [2.24, 2.45) is 0 Å². The molecule has 0 atom stereocenters. The van der Waals surface area contributed by atoms with Crippen LogP contribution in [-0.2, 0) is 0 Å². The molecule has 3 heteroatoms. The van der Waals surface area contributed by atoms with E-state index in [0.717, 1.165) is 39.3 Å². The highest BCUT2D eigenvalue weighted by Crippen LogP contribution is 2.51. The van der Waals surface area contributed by atoms with Crippen LogP contribution in [0.4, 0.5) is 17.1 Å². The van der Waals surface area contributed by atoms with Gasteiger partial charge in [-0.2, -0.15) is 0 Å². The van der Waals surface area contributed by atoms with E-state index >= 15 is 0 Å². The first-order valence-electron chi connectivity index (χ1n) is 9.25. The molecular formula is C25H15NOS. The Hall–Kier alpha value is -3.30. The molecule has 0 amide bonds. The number of nitrogens with zero attached hydrogens (tertiary/aromatic N) is 1. The molecule has 0 unspecified atom stereocenters. The normalized spacial score (nSPS) is 13.6. The standard InChI is InChI=1S/C25H15NOS/c27-25-19-8-2-1-7-17(19)18-14-13-16(15-20(18)25)26-21-9-3-5-11-23(21)28-24-12-6-4-10-22(24)26/h1-15H. The number of anilines is 3. The van der Waals surface area contributed by atoms with Crippen LogP contribution in [0.2, 0.25) is 0 Å². The summed E-state index contributed by atoms with van der Waals surface area (Å²) >= 11 is 1.79. The first-order valence-corrected chi connectivity index (χ1v) is 10.1. The van der Waals surface area contributed by atoms with E-state index in [1.807, 2.05) is 30.3 Å². The van der Waals surface area contributed by atoms with Crippen LogP contribution in [0.15, 0.2) is 101 Å². The van der Waals surface area contributed by atoms with Gasteiger partial charge in [0.05, 0.1) is 11.4 Å². The molecule has 0 saturated carbocycles. The van der Waals surface area contributed by atoms with E-state index in [0.29, 0.717) is 0 Å². The minimum Gasteiger partial charge on any atom is -0.308 e. The lowest BCUT2D eigenvalue weighted by molar-refractivity contribution is 0.104. The average Bonchev–Trinajstić information content (AvgIpc) is 3.04. The Balaban J connectivity index is 1.57. The molecule has 1 aliphatic heterocycles. The summed E-state index contributed by atoms with van der Waals surface area (Å²) in [7, 11) is 0. The van der Waals surface area contributed by atoms with Gasteiger partial charge in [0.25, 0.3) is 0 Å². The number of para-hydroxylation sites is 2. The van der Waals surface area contributed by atoms with Crippen LogP contribution in [0.3, 0.4) is 0 Å². The van der Waals surface area contributed by atoms with Crippen LogP contribution in [0, 0.1) is 0 Å². The number of hydrogen-bond acceptors (Lipinski definition) is 3. The van der Waals surface area contributed by atoms with Gasteiger partial charge in [0, 0.05) is 26.6 Å². The van der Waals surface area contributed by atoms with Crippen molar-refractivity contribution in [3.63, 3.8) is 0 Å². The Labute approximate surface area is 167 Å². The summed E-state index contributed by atoms with van der Waals surface area (Å²) in [6, 6.07) is 31.0. The van der Waals surface area contributed by atoms with Crippen molar-refractivity contribution in [1.29, 1.82) is 0 Å². The highest BCUT2D eigenvalue weighted by molar-refractivity contribution is 7.99. The van der Waals surface area contributed by atoms with Gasteiger partial charge in [0.15, 0.2) is 5.78 Å². The third-order valence-corrected chi connectivity index (χ3v) is 6.53. The molecule has 0 radical (unpaired) electrons. The Kier molecular flexibility index (Phi) is 3.28. The number of carbonyl (C=O) groups excluding carboxylic acids is 1. The third kappa shape index (κ3) is 2.14. The van der Waals surface area contributed by atoms with Crippen LogP contribution in [-0.4, -0.2) is 5.78 Å². The van der Waals surface area contributed by atoms with E-state index in [9.17, 15) is 4.79 Å². The van der Waals surface area contributed by atoms with Gasteiger partial charge in [-0.1, -0.05) is 66.4 Å². The second-order valence-electron chi connectivity index (χ2n) is 6.98. The third-order valence-electron chi connectivity index (χ3n) is 5.40. The van der Waals surface area contributed by atoms with Crippen molar-refractivity contribution >= 4 is 34.6 Å². The molecule has 4 aromatic rings. The summed E-state index contributed by atoms with van der Waals surface area (Å²) in [5.74, 6) is 0.111. The number of fused-ring (bicyclic) bond motifs is 5. The van der Waals surface area contributed by atoms with Crippen LogP contribution >= 0.6 is 11.8 Å². The fraction of sp³-hybridized carbons (Fsp3) is 0. The Morgan fingerprint density at radius 2 is 1.14 bits per heavy atom. The van der Waals surface area contributed by atoms with Gasteiger partial charge in [-0.05, 0) is 47.5 Å². The number of hydrogen-bond donors (Lipinski definition) is 0. The summed E-state index contributed by atoms with van der Waals surface area (Å²) in [6.45, 7) is 0. The Morgan fingerprint density at radius 1 is 0.571 bits per heavy atom. The molecule has 6 rings (SSSR count). The molecule has 1 aliphatic carbocycles. The SMILES string of the molecule is O=C1c2ccccc2-c2ccc(N3c4ccccc4Sc4ccccc43)cc21. The quantitative estimate of drug-likeness (QED) is 0.313. The lowest BCUT2D eigenvalue weighted by Crippen LogP contribution is -2.15. The molecule has 0 saturated heterocycles. The van der Waals surface area contributed by atoms with Crippen molar-refractivity contribution in [1.82, 2.24) is 0 Å². The molecule has 0 N–H and O–H groups in total. The lowest BCUT2D eigenvalue weighted by Gasteiger charge is -2.33. The van der Waals surface area contributed by atoms with Crippen molar-refractivity contribution in [3.8, 4) is 11.1 Å². The number of benzene rings is 4. The lowest BCUT2D eigenvalue weighted by atomic mass is 10.0. The molecule has 0 fully saturated rings. The van der Waals surface area contributed by atoms with Gasteiger partial charge in [-0.15, -0.1) is 0 Å². The van der Waals surface area contributed by atoms with Gasteiger partial charge < -0.3 is 4.90 Å². The maximum absolute atomic E-state index is 13.0. The molecule has 28 heavy (non-hydrogen) atoms. The van der Waals surface area contributed by atoms with Crippen LogP contribution in [0.5, 0.6) is 0 Å². The Bertz CT molecular complexity index is 1230. The van der Waals surface area contributed by atoms with Gasteiger partial charge in [-0.3, -0.25) is 4.79 Å².